The Labute approximate surface area is 95.3 Å². The number of carbonyl (C=O) groups excluding carboxylic acids is 1. The lowest BCUT2D eigenvalue weighted by Gasteiger charge is -2.27. The lowest BCUT2D eigenvalue weighted by Crippen LogP contribution is -2.38. The van der Waals surface area contributed by atoms with Crippen LogP contribution < -0.4 is 0 Å². The molecular weight excluding hydrogens is 207 g/mol. The van der Waals surface area contributed by atoms with Gasteiger partial charge in [-0.25, -0.2) is 4.98 Å². The van der Waals surface area contributed by atoms with E-state index in [0.29, 0.717) is 12.1 Å². The van der Waals surface area contributed by atoms with Crippen LogP contribution in [0, 0.1) is 5.95 Å². The molecule has 0 fully saturated rings. The van der Waals surface area contributed by atoms with Gasteiger partial charge in [-0.05, 0) is 26.3 Å². The molecule has 0 saturated heterocycles. The quantitative estimate of drug-likeness (QED) is 0.736. The molecule has 16 heavy (non-hydrogen) atoms. The summed E-state index contributed by atoms with van der Waals surface area (Å²) in [5, 5.41) is 0. The molecule has 0 N–H and O–H groups in total. The molecule has 0 bridgehead atoms. The topological polar surface area (TPSA) is 33.2 Å². The second-order valence-electron chi connectivity index (χ2n) is 3.72. The standard InChI is InChI=1S/C12H17FN2O/c1-4-9(3)15(5-2)12(16)10-6-7-14-11(13)8-10/h6-9H,4-5H2,1-3H3. The van der Waals surface area contributed by atoms with Gasteiger partial charge >= 0.3 is 0 Å². The van der Waals surface area contributed by atoms with Crippen LogP contribution in [0.1, 0.15) is 37.6 Å². The van der Waals surface area contributed by atoms with Crippen molar-refractivity contribution >= 4 is 5.91 Å². The molecule has 1 aromatic rings. The van der Waals surface area contributed by atoms with Crippen molar-refractivity contribution in [1.29, 1.82) is 0 Å². The van der Waals surface area contributed by atoms with E-state index in [2.05, 4.69) is 4.98 Å². The number of halogens is 1. The third-order valence-electron chi connectivity index (χ3n) is 2.70. The van der Waals surface area contributed by atoms with Gasteiger partial charge in [-0.15, -0.1) is 0 Å². The molecule has 1 aromatic heterocycles. The normalized spacial score (nSPS) is 12.2. The molecule has 1 unspecified atom stereocenters. The number of hydrogen-bond acceptors (Lipinski definition) is 2. The minimum Gasteiger partial charge on any atom is -0.336 e. The largest absolute Gasteiger partial charge is 0.336 e. The van der Waals surface area contributed by atoms with Gasteiger partial charge in [-0.1, -0.05) is 6.92 Å². The Morgan fingerprint density at radius 1 is 1.56 bits per heavy atom. The molecule has 0 aliphatic carbocycles. The Morgan fingerprint density at radius 2 is 2.25 bits per heavy atom. The summed E-state index contributed by atoms with van der Waals surface area (Å²) in [6, 6.07) is 2.87. The molecule has 1 amide bonds. The van der Waals surface area contributed by atoms with Crippen LogP contribution in [0.25, 0.3) is 0 Å². The summed E-state index contributed by atoms with van der Waals surface area (Å²) in [4.78, 5) is 17.2. The Bertz CT molecular complexity index is 368. The van der Waals surface area contributed by atoms with Crippen LogP contribution >= 0.6 is 0 Å². The van der Waals surface area contributed by atoms with Crippen molar-refractivity contribution in [3.8, 4) is 0 Å². The van der Waals surface area contributed by atoms with Gasteiger partial charge in [0.05, 0.1) is 0 Å². The summed E-state index contributed by atoms with van der Waals surface area (Å²) in [6.45, 7) is 6.55. The maximum absolute atomic E-state index is 12.9. The minimum atomic E-state index is -0.619. The number of aromatic nitrogens is 1. The summed E-state index contributed by atoms with van der Waals surface area (Å²) < 4.78 is 12.9. The number of amides is 1. The molecule has 0 aromatic carbocycles. The molecule has 88 valence electrons. The van der Waals surface area contributed by atoms with Crippen molar-refractivity contribution < 1.29 is 9.18 Å². The molecule has 0 radical (unpaired) electrons. The highest BCUT2D eigenvalue weighted by molar-refractivity contribution is 5.94. The Morgan fingerprint density at radius 3 is 2.75 bits per heavy atom. The Kier molecular flexibility index (Phi) is 4.40. The number of hydrogen-bond donors (Lipinski definition) is 0. The smallest absolute Gasteiger partial charge is 0.254 e. The van der Waals surface area contributed by atoms with E-state index < -0.39 is 5.95 Å². The zero-order valence-corrected chi connectivity index (χ0v) is 9.90. The van der Waals surface area contributed by atoms with Crippen molar-refractivity contribution in [1.82, 2.24) is 9.88 Å². The van der Waals surface area contributed by atoms with E-state index in [9.17, 15) is 9.18 Å². The van der Waals surface area contributed by atoms with Crippen molar-refractivity contribution in [2.75, 3.05) is 6.54 Å². The number of rotatable bonds is 4. The third-order valence-corrected chi connectivity index (χ3v) is 2.70. The summed E-state index contributed by atoms with van der Waals surface area (Å²) in [5.41, 5.74) is 0.356. The highest BCUT2D eigenvalue weighted by Crippen LogP contribution is 2.10. The molecule has 0 spiro atoms. The van der Waals surface area contributed by atoms with Gasteiger partial charge in [-0.3, -0.25) is 4.79 Å². The SMILES string of the molecule is CCC(C)N(CC)C(=O)c1ccnc(F)c1. The van der Waals surface area contributed by atoms with E-state index in [1.54, 1.807) is 4.90 Å². The van der Waals surface area contributed by atoms with Gasteiger partial charge in [0, 0.05) is 30.4 Å². The van der Waals surface area contributed by atoms with Crippen molar-refractivity contribution in [2.45, 2.75) is 33.2 Å². The minimum absolute atomic E-state index is 0.141. The van der Waals surface area contributed by atoms with E-state index in [1.165, 1.54) is 18.3 Å². The molecule has 3 nitrogen and oxygen atoms in total. The summed E-state index contributed by atoms with van der Waals surface area (Å²) in [7, 11) is 0. The highest BCUT2D eigenvalue weighted by Gasteiger charge is 2.18. The average molecular weight is 224 g/mol. The van der Waals surface area contributed by atoms with E-state index in [-0.39, 0.29) is 11.9 Å². The first kappa shape index (κ1) is 12.6. The lowest BCUT2D eigenvalue weighted by atomic mass is 10.1. The van der Waals surface area contributed by atoms with Gasteiger partial charge < -0.3 is 4.90 Å². The predicted molar refractivity (Wildman–Crippen MR) is 60.7 cm³/mol. The first-order valence-corrected chi connectivity index (χ1v) is 5.52. The molecular formula is C12H17FN2O. The van der Waals surface area contributed by atoms with Gasteiger partial charge in [0.2, 0.25) is 5.95 Å². The van der Waals surface area contributed by atoms with Crippen LogP contribution in [0.4, 0.5) is 4.39 Å². The number of nitrogens with zero attached hydrogens (tertiary/aromatic N) is 2. The highest BCUT2D eigenvalue weighted by atomic mass is 19.1. The molecule has 1 atom stereocenters. The first-order valence-electron chi connectivity index (χ1n) is 5.52. The molecule has 1 rings (SSSR count). The number of carbonyl (C=O) groups is 1. The molecule has 4 heteroatoms. The third kappa shape index (κ3) is 2.78. The van der Waals surface area contributed by atoms with E-state index >= 15 is 0 Å². The molecule has 0 aliphatic rings. The summed E-state index contributed by atoms with van der Waals surface area (Å²) in [6.07, 6.45) is 2.19. The van der Waals surface area contributed by atoms with E-state index in [1.807, 2.05) is 20.8 Å². The van der Waals surface area contributed by atoms with Crippen molar-refractivity contribution in [2.24, 2.45) is 0 Å². The molecule has 1 heterocycles. The molecule has 0 aliphatic heterocycles. The second-order valence-corrected chi connectivity index (χ2v) is 3.72. The summed E-state index contributed by atoms with van der Waals surface area (Å²) in [5.74, 6) is -0.760. The molecule has 0 saturated carbocycles. The van der Waals surface area contributed by atoms with Crippen LogP contribution in [0.5, 0.6) is 0 Å². The van der Waals surface area contributed by atoms with Crippen molar-refractivity contribution in [3.63, 3.8) is 0 Å². The predicted octanol–water partition coefficient (Wildman–Crippen LogP) is 2.48. The van der Waals surface area contributed by atoms with Crippen LogP contribution in [0.15, 0.2) is 18.3 Å². The van der Waals surface area contributed by atoms with Crippen LogP contribution in [0.2, 0.25) is 0 Å². The van der Waals surface area contributed by atoms with Crippen LogP contribution in [-0.4, -0.2) is 28.4 Å². The monoisotopic (exact) mass is 224 g/mol. The van der Waals surface area contributed by atoms with Crippen LogP contribution in [0.3, 0.4) is 0 Å². The van der Waals surface area contributed by atoms with E-state index in [4.69, 9.17) is 0 Å². The fraction of sp³-hybridized carbons (Fsp3) is 0.500. The van der Waals surface area contributed by atoms with Crippen molar-refractivity contribution in [3.05, 3.63) is 29.8 Å². The van der Waals surface area contributed by atoms with Crippen LogP contribution in [-0.2, 0) is 0 Å². The van der Waals surface area contributed by atoms with Gasteiger partial charge in [0.25, 0.3) is 5.91 Å². The average Bonchev–Trinajstić information content (AvgIpc) is 2.29. The first-order chi connectivity index (χ1) is 7.60. The second kappa shape index (κ2) is 5.58. The zero-order chi connectivity index (χ0) is 12.1. The fourth-order valence-electron chi connectivity index (χ4n) is 1.58. The summed E-state index contributed by atoms with van der Waals surface area (Å²) >= 11 is 0. The fourth-order valence-corrected chi connectivity index (χ4v) is 1.58. The number of pyridine rings is 1. The van der Waals surface area contributed by atoms with Gasteiger partial charge in [0.15, 0.2) is 0 Å². The lowest BCUT2D eigenvalue weighted by molar-refractivity contribution is 0.0699. The Balaban J connectivity index is 2.91. The van der Waals surface area contributed by atoms with Gasteiger partial charge in [-0.2, -0.15) is 4.39 Å². The van der Waals surface area contributed by atoms with Gasteiger partial charge in [0.1, 0.15) is 0 Å². The maximum Gasteiger partial charge on any atom is 0.254 e. The Hall–Kier alpha value is -1.45. The maximum atomic E-state index is 12.9. The zero-order valence-electron chi connectivity index (χ0n) is 9.90. The van der Waals surface area contributed by atoms with E-state index in [0.717, 1.165) is 6.42 Å².